The van der Waals surface area contributed by atoms with Crippen LogP contribution in [0.4, 0.5) is 0 Å². The van der Waals surface area contributed by atoms with Gasteiger partial charge < -0.3 is 89.8 Å². The Morgan fingerprint density at radius 2 is 0.919 bits per heavy atom. The lowest BCUT2D eigenvalue weighted by Gasteiger charge is -2.29. The SMILES string of the molecule is CC[C@H](C)[C@H](NC(=O)[C@H](CO)NC(=O)[C@H](Cc1ccccc1)NC(=O)CN)C(=O)N[C@@H](CO)C(=O)N[C@@H](CC(N)=O)C(=O)N[C@@H](Cc1ccc(O)cc1)C(=O)N[C@@H](Cc1ccc(O)cc1)C(=O)N[C@@H](CC(C)C)C(=O)N[C@@H](Cc1cnc[nH]1)C(=O)O. The van der Waals surface area contributed by atoms with Crippen LogP contribution in [0.1, 0.15) is 69.3 Å². The molecule has 1 heterocycles. The van der Waals surface area contributed by atoms with Crippen LogP contribution in [0.2, 0.25) is 0 Å². The van der Waals surface area contributed by atoms with E-state index in [4.69, 9.17) is 11.5 Å². The first-order chi connectivity index (χ1) is 40.8. The summed E-state index contributed by atoms with van der Waals surface area (Å²) >= 11 is 0. The molecular formula is C57H77N13O16. The number of carbonyl (C=O) groups excluding carboxylic acids is 10. The highest BCUT2D eigenvalue weighted by Gasteiger charge is 2.37. The van der Waals surface area contributed by atoms with E-state index in [0.29, 0.717) is 22.4 Å². The maximum atomic E-state index is 14.6. The average Bonchev–Trinajstić information content (AvgIpc) is 4.07. The normalized spacial score (nSPS) is 14.6. The van der Waals surface area contributed by atoms with E-state index in [1.807, 2.05) is 0 Å². The van der Waals surface area contributed by atoms with Gasteiger partial charge in [-0.25, -0.2) is 9.78 Å². The number of carboxylic acids is 1. The summed E-state index contributed by atoms with van der Waals surface area (Å²) in [5.41, 5.74) is 12.7. The second-order valence-corrected chi connectivity index (χ2v) is 20.8. The van der Waals surface area contributed by atoms with E-state index in [9.17, 15) is 78.3 Å². The fourth-order valence-electron chi connectivity index (χ4n) is 8.64. The lowest BCUT2D eigenvalue weighted by molar-refractivity contribution is -0.142. The molecule has 0 aliphatic rings. The first kappa shape index (κ1) is 69.0. The molecule has 19 N–H and O–H groups in total. The zero-order chi connectivity index (χ0) is 63.6. The lowest BCUT2D eigenvalue weighted by atomic mass is 9.97. The van der Waals surface area contributed by atoms with Crippen molar-refractivity contribution >= 4 is 65.0 Å². The van der Waals surface area contributed by atoms with Crippen LogP contribution in [-0.4, -0.2) is 175 Å². The Hall–Kier alpha value is -9.48. The fourth-order valence-corrected chi connectivity index (χ4v) is 8.64. The van der Waals surface area contributed by atoms with Crippen molar-refractivity contribution in [2.45, 2.75) is 127 Å². The van der Waals surface area contributed by atoms with Crippen molar-refractivity contribution in [1.82, 2.24) is 57.8 Å². The highest BCUT2D eigenvalue weighted by Crippen LogP contribution is 2.16. The van der Waals surface area contributed by atoms with Crippen LogP contribution < -0.4 is 59.3 Å². The molecule has 0 aliphatic carbocycles. The molecule has 0 aliphatic heterocycles. The number of hydrogen-bond donors (Lipinski definition) is 17. The van der Waals surface area contributed by atoms with Gasteiger partial charge in [-0.05, 0) is 59.2 Å². The summed E-state index contributed by atoms with van der Waals surface area (Å²) < 4.78 is 0. The number of phenols is 2. The number of H-pyrrole nitrogens is 1. The number of nitrogens with one attached hydrogen (secondary N) is 10. The van der Waals surface area contributed by atoms with Crippen molar-refractivity contribution in [2.75, 3.05) is 19.8 Å². The molecule has 29 heteroatoms. The summed E-state index contributed by atoms with van der Waals surface area (Å²) in [4.78, 5) is 156. The molecule has 0 bridgehead atoms. The van der Waals surface area contributed by atoms with Gasteiger partial charge in [0, 0.05) is 37.6 Å². The number of primary amides is 1. The first-order valence-corrected chi connectivity index (χ1v) is 27.6. The molecule has 0 unspecified atom stereocenters. The Morgan fingerprint density at radius 3 is 1.36 bits per heavy atom. The number of nitrogens with zero attached hydrogens (tertiary/aromatic N) is 1. The number of benzene rings is 3. The second-order valence-electron chi connectivity index (χ2n) is 20.8. The average molecular weight is 1200 g/mol. The van der Waals surface area contributed by atoms with E-state index in [-0.39, 0.29) is 55.9 Å². The van der Waals surface area contributed by atoms with Gasteiger partial charge in [0.2, 0.25) is 59.1 Å². The van der Waals surface area contributed by atoms with Gasteiger partial charge in [-0.1, -0.05) is 88.7 Å². The largest absolute Gasteiger partial charge is 0.508 e. The third-order valence-electron chi connectivity index (χ3n) is 13.5. The van der Waals surface area contributed by atoms with Gasteiger partial charge in [0.25, 0.3) is 0 Å². The molecule has 3 aromatic carbocycles. The molecule has 0 spiro atoms. The van der Waals surface area contributed by atoms with Crippen molar-refractivity contribution in [3.05, 3.63) is 114 Å². The van der Waals surface area contributed by atoms with E-state index >= 15 is 0 Å². The molecule has 86 heavy (non-hydrogen) atoms. The number of aliphatic hydroxyl groups excluding tert-OH is 2. The molecule has 10 amide bonds. The van der Waals surface area contributed by atoms with Gasteiger partial charge in [0.05, 0.1) is 32.5 Å². The smallest absolute Gasteiger partial charge is 0.326 e. The number of amides is 10. The number of hydrogen-bond acceptors (Lipinski definition) is 17. The van der Waals surface area contributed by atoms with Crippen molar-refractivity contribution in [2.24, 2.45) is 23.3 Å². The van der Waals surface area contributed by atoms with Crippen LogP contribution >= 0.6 is 0 Å². The van der Waals surface area contributed by atoms with Crippen molar-refractivity contribution in [3.63, 3.8) is 0 Å². The molecule has 4 rings (SSSR count). The maximum absolute atomic E-state index is 14.6. The quantitative estimate of drug-likeness (QED) is 0.0212. The molecule has 0 saturated heterocycles. The summed E-state index contributed by atoms with van der Waals surface area (Å²) in [6, 6.07) is 5.19. The first-order valence-electron chi connectivity index (χ1n) is 27.6. The lowest BCUT2D eigenvalue weighted by Crippen LogP contribution is -2.62. The van der Waals surface area contributed by atoms with Crippen molar-refractivity contribution < 1.29 is 78.3 Å². The Kier molecular flexibility index (Phi) is 27.6. The van der Waals surface area contributed by atoms with Crippen LogP contribution in [-0.2, 0) is 78.4 Å². The standard InChI is InChI=1S/C57H77N13O16/c1-5-31(4)48(70-55(83)45(28-72)68-50(78)39(62-47(76)25-58)20-32-9-7-6-8-10-32)56(84)69-44(27-71)54(82)66-42(24-46(59)75)53(81)65-41(22-34-13-17-37(74)18-14-34)52(80)64-40(21-33-11-15-36(73)16-12-33)51(79)63-38(19-30(2)3)49(77)67-43(57(85)86)23-35-26-60-29-61-35/h6-18,26,29-31,38-45,48,71-74H,5,19-25,27-28,58H2,1-4H3,(H2,59,75)(H,60,61)(H,62,76)(H,63,79)(H,64,80)(H,65,81)(H,66,82)(H,67,77)(H,68,78)(H,69,84)(H,70,83)(H,85,86)/t31-,38-,39-,40-,41-,42-,43-,44-,45-,48-/m0/s1. The Morgan fingerprint density at radius 1 is 0.512 bits per heavy atom. The predicted octanol–water partition coefficient (Wildman–Crippen LogP) is -3.55. The number of nitrogens with two attached hydrogens (primary N) is 2. The zero-order valence-corrected chi connectivity index (χ0v) is 47.9. The molecule has 0 saturated carbocycles. The number of aromatic amines is 1. The highest BCUT2D eigenvalue weighted by atomic mass is 16.4. The van der Waals surface area contributed by atoms with E-state index in [1.165, 1.54) is 61.1 Å². The summed E-state index contributed by atoms with van der Waals surface area (Å²) in [6.07, 6.45) is 1.15. The molecule has 0 fully saturated rings. The minimum absolute atomic E-state index is 0.00102. The molecule has 29 nitrogen and oxygen atoms in total. The van der Waals surface area contributed by atoms with Gasteiger partial charge in [0.1, 0.15) is 65.9 Å². The molecular weight excluding hydrogens is 1120 g/mol. The number of phenolic OH excluding ortho intramolecular Hbond substituents is 2. The predicted molar refractivity (Wildman–Crippen MR) is 307 cm³/mol. The number of aromatic hydroxyl groups is 2. The molecule has 10 atom stereocenters. The van der Waals surface area contributed by atoms with Gasteiger partial charge in [-0.3, -0.25) is 47.9 Å². The number of aliphatic carboxylic acids is 1. The van der Waals surface area contributed by atoms with Crippen molar-refractivity contribution in [1.29, 1.82) is 0 Å². The minimum atomic E-state index is -1.92. The summed E-state index contributed by atoms with van der Waals surface area (Å²) in [5.74, 6) is -12.8. The van der Waals surface area contributed by atoms with E-state index in [2.05, 4.69) is 57.8 Å². The van der Waals surface area contributed by atoms with Crippen molar-refractivity contribution in [3.8, 4) is 11.5 Å². The topological polar surface area (TPSA) is 478 Å². The molecule has 4 aromatic rings. The third kappa shape index (κ3) is 22.6. The van der Waals surface area contributed by atoms with E-state index < -0.39 is 152 Å². The van der Waals surface area contributed by atoms with Crippen LogP contribution in [0.25, 0.3) is 0 Å². The van der Waals surface area contributed by atoms with Gasteiger partial charge in [-0.2, -0.15) is 0 Å². The van der Waals surface area contributed by atoms with E-state index in [0.717, 1.165) is 0 Å². The van der Waals surface area contributed by atoms with Gasteiger partial charge in [-0.15, -0.1) is 0 Å². The number of carboxylic acid groups (broad SMARTS) is 1. The number of aliphatic hydroxyl groups is 2. The number of carbonyl (C=O) groups is 11. The molecule has 466 valence electrons. The monoisotopic (exact) mass is 1200 g/mol. The summed E-state index contributed by atoms with van der Waals surface area (Å²) in [6.45, 7) is 4.15. The maximum Gasteiger partial charge on any atom is 0.326 e. The second kappa shape index (κ2) is 34.3. The van der Waals surface area contributed by atoms with Crippen LogP contribution in [0.15, 0.2) is 91.4 Å². The Balaban J connectivity index is 1.58. The van der Waals surface area contributed by atoms with Crippen LogP contribution in [0.5, 0.6) is 11.5 Å². The zero-order valence-electron chi connectivity index (χ0n) is 47.9. The highest BCUT2D eigenvalue weighted by molar-refractivity contribution is 5.99. The van der Waals surface area contributed by atoms with Crippen LogP contribution in [0.3, 0.4) is 0 Å². The number of aromatic nitrogens is 2. The van der Waals surface area contributed by atoms with Crippen LogP contribution in [0, 0.1) is 11.8 Å². The molecule has 1 aromatic heterocycles. The summed E-state index contributed by atoms with van der Waals surface area (Å²) in [5, 5.41) is 72.7. The third-order valence-corrected chi connectivity index (χ3v) is 13.5. The Labute approximate surface area is 495 Å². The number of imidazole rings is 1. The fraction of sp³-hybridized carbons (Fsp3) is 0.439. The summed E-state index contributed by atoms with van der Waals surface area (Å²) in [7, 11) is 0. The van der Waals surface area contributed by atoms with Gasteiger partial charge in [0.15, 0.2) is 0 Å². The van der Waals surface area contributed by atoms with E-state index in [1.54, 1.807) is 58.0 Å². The minimum Gasteiger partial charge on any atom is -0.508 e. The van der Waals surface area contributed by atoms with Gasteiger partial charge >= 0.3 is 5.97 Å². The number of rotatable bonds is 35. The Bertz CT molecular complexity index is 2930. The molecule has 0 radical (unpaired) electrons.